The molecule has 13 heavy (non-hydrogen) atoms. The predicted octanol–water partition coefficient (Wildman–Crippen LogP) is 1.17. The van der Waals surface area contributed by atoms with Gasteiger partial charge in [0.1, 0.15) is 12.4 Å². The van der Waals surface area contributed by atoms with Gasteiger partial charge >= 0.3 is 0 Å². The van der Waals surface area contributed by atoms with Crippen molar-refractivity contribution in [3.63, 3.8) is 0 Å². The van der Waals surface area contributed by atoms with Crippen LogP contribution in [0, 0.1) is 10.1 Å². The summed E-state index contributed by atoms with van der Waals surface area (Å²) in [7, 11) is 0. The number of nitro groups is 1. The summed E-state index contributed by atoms with van der Waals surface area (Å²) in [5.41, 5.74) is -0.00143. The van der Waals surface area contributed by atoms with Crippen LogP contribution in [0.3, 0.4) is 0 Å². The highest BCUT2D eigenvalue weighted by Crippen LogP contribution is 2.16. The Labute approximate surface area is 74.1 Å². The summed E-state index contributed by atoms with van der Waals surface area (Å²) < 4.78 is 4.90. The van der Waals surface area contributed by atoms with E-state index in [9.17, 15) is 14.9 Å². The maximum atomic E-state index is 10.2. The summed E-state index contributed by atoms with van der Waals surface area (Å²) in [6, 6.07) is 5.53. The molecule has 0 aliphatic rings. The highest BCUT2D eigenvalue weighted by molar-refractivity contribution is 5.51. The van der Waals surface area contributed by atoms with Crippen LogP contribution in [-0.2, 0) is 4.79 Å². The molecule has 0 amide bonds. The number of benzene rings is 1. The van der Waals surface area contributed by atoms with Crippen molar-refractivity contribution in [2.45, 2.75) is 0 Å². The second-order valence-corrected chi connectivity index (χ2v) is 2.23. The van der Waals surface area contributed by atoms with Gasteiger partial charge in [-0.1, -0.05) is 0 Å². The first-order chi connectivity index (χ1) is 6.24. The molecule has 0 spiro atoms. The Morgan fingerprint density at radius 1 is 1.38 bits per heavy atom. The molecule has 68 valence electrons. The van der Waals surface area contributed by atoms with Gasteiger partial charge in [-0.25, -0.2) is 0 Å². The monoisotopic (exact) mass is 181 g/mol. The van der Waals surface area contributed by atoms with E-state index in [1.54, 1.807) is 0 Å². The molecule has 0 aliphatic heterocycles. The lowest BCUT2D eigenvalue weighted by atomic mass is 10.3. The van der Waals surface area contributed by atoms with Gasteiger partial charge in [-0.15, -0.1) is 0 Å². The van der Waals surface area contributed by atoms with Crippen molar-refractivity contribution in [3.05, 3.63) is 34.4 Å². The lowest BCUT2D eigenvalue weighted by Gasteiger charge is -1.99. The van der Waals surface area contributed by atoms with Gasteiger partial charge < -0.3 is 4.74 Å². The highest BCUT2D eigenvalue weighted by Gasteiger charge is 2.03. The molecule has 0 heterocycles. The van der Waals surface area contributed by atoms with Crippen LogP contribution in [0.15, 0.2) is 24.3 Å². The van der Waals surface area contributed by atoms with Crippen molar-refractivity contribution in [1.29, 1.82) is 0 Å². The summed E-state index contributed by atoms with van der Waals surface area (Å²) in [6.07, 6.45) is 0.613. The number of non-ortho nitro benzene ring substituents is 1. The van der Waals surface area contributed by atoms with E-state index in [0.29, 0.717) is 12.0 Å². The number of carbonyl (C=O) groups is 1. The Hall–Kier alpha value is -1.91. The molecule has 0 aliphatic carbocycles. The highest BCUT2D eigenvalue weighted by atomic mass is 16.6. The van der Waals surface area contributed by atoms with Crippen molar-refractivity contribution in [2.24, 2.45) is 0 Å². The molecule has 1 aromatic carbocycles. The molecule has 0 bridgehead atoms. The van der Waals surface area contributed by atoms with E-state index in [1.807, 2.05) is 0 Å². The average Bonchev–Trinajstić information content (AvgIpc) is 2.15. The smallest absolute Gasteiger partial charge is 0.269 e. The number of hydrogen-bond acceptors (Lipinski definition) is 4. The van der Waals surface area contributed by atoms with E-state index in [0.717, 1.165) is 0 Å². The minimum atomic E-state index is -0.497. The van der Waals surface area contributed by atoms with Crippen LogP contribution in [0.4, 0.5) is 5.69 Å². The molecule has 1 rings (SSSR count). The molecular weight excluding hydrogens is 174 g/mol. The molecule has 5 nitrogen and oxygen atoms in total. The first kappa shape index (κ1) is 9.18. The predicted molar refractivity (Wildman–Crippen MR) is 44.7 cm³/mol. The van der Waals surface area contributed by atoms with E-state index < -0.39 is 4.92 Å². The minimum Gasteiger partial charge on any atom is -0.486 e. The molecule has 0 unspecified atom stereocenters. The van der Waals surface area contributed by atoms with E-state index in [-0.39, 0.29) is 12.3 Å². The normalized spacial score (nSPS) is 9.23. The topological polar surface area (TPSA) is 69.4 Å². The number of carbonyl (C=O) groups excluding carboxylic acids is 1. The first-order valence-electron chi connectivity index (χ1n) is 3.55. The van der Waals surface area contributed by atoms with Crippen LogP contribution >= 0.6 is 0 Å². The fourth-order valence-electron chi connectivity index (χ4n) is 0.794. The molecule has 0 saturated heterocycles. The van der Waals surface area contributed by atoms with Gasteiger partial charge in [0.25, 0.3) is 5.69 Å². The van der Waals surface area contributed by atoms with Gasteiger partial charge in [0, 0.05) is 12.1 Å². The van der Waals surface area contributed by atoms with Crippen LogP contribution in [0.25, 0.3) is 0 Å². The van der Waals surface area contributed by atoms with E-state index >= 15 is 0 Å². The van der Waals surface area contributed by atoms with E-state index in [4.69, 9.17) is 4.74 Å². The van der Waals surface area contributed by atoms with Gasteiger partial charge in [0.2, 0.25) is 0 Å². The van der Waals surface area contributed by atoms with Crippen molar-refractivity contribution in [3.8, 4) is 5.75 Å². The largest absolute Gasteiger partial charge is 0.486 e. The number of aldehydes is 1. The molecule has 1 aromatic rings. The molecule has 0 fully saturated rings. The van der Waals surface area contributed by atoms with Crippen LogP contribution < -0.4 is 4.74 Å². The van der Waals surface area contributed by atoms with Gasteiger partial charge in [0.05, 0.1) is 4.92 Å². The Balaban J connectivity index is 2.69. The number of ether oxygens (including phenoxy) is 1. The molecule has 0 N–H and O–H groups in total. The summed E-state index contributed by atoms with van der Waals surface area (Å²) in [5, 5.41) is 10.2. The average molecular weight is 181 g/mol. The zero-order valence-electron chi connectivity index (χ0n) is 6.67. The Kier molecular flexibility index (Phi) is 2.97. The lowest BCUT2D eigenvalue weighted by Crippen LogP contribution is -1.97. The summed E-state index contributed by atoms with van der Waals surface area (Å²) in [4.78, 5) is 19.7. The second kappa shape index (κ2) is 4.20. The van der Waals surface area contributed by atoms with Crippen LogP contribution in [0.1, 0.15) is 0 Å². The maximum Gasteiger partial charge on any atom is 0.269 e. The van der Waals surface area contributed by atoms with Crippen LogP contribution in [-0.4, -0.2) is 17.8 Å². The summed E-state index contributed by atoms with van der Waals surface area (Å²) >= 11 is 0. The molecule has 5 heteroatoms. The molecule has 0 saturated carbocycles. The summed E-state index contributed by atoms with van der Waals surface area (Å²) in [6.45, 7) is -0.0438. The zero-order chi connectivity index (χ0) is 9.68. The fourth-order valence-corrected chi connectivity index (χ4v) is 0.794. The lowest BCUT2D eigenvalue weighted by molar-refractivity contribution is -0.384. The van der Waals surface area contributed by atoms with Crippen molar-refractivity contribution in [2.75, 3.05) is 6.61 Å². The number of hydrogen-bond donors (Lipinski definition) is 0. The van der Waals surface area contributed by atoms with E-state index in [1.165, 1.54) is 24.3 Å². The molecule has 0 radical (unpaired) electrons. The molecule has 0 aromatic heterocycles. The third-order valence-electron chi connectivity index (χ3n) is 1.37. The Morgan fingerprint density at radius 3 is 2.46 bits per heavy atom. The zero-order valence-corrected chi connectivity index (χ0v) is 6.67. The quantitative estimate of drug-likeness (QED) is 0.397. The number of nitrogens with zero attached hydrogens (tertiary/aromatic N) is 1. The first-order valence-corrected chi connectivity index (χ1v) is 3.55. The Bertz CT molecular complexity index is 306. The molecule has 0 atom stereocenters. The second-order valence-electron chi connectivity index (χ2n) is 2.23. The third-order valence-corrected chi connectivity index (χ3v) is 1.37. The van der Waals surface area contributed by atoms with Crippen molar-refractivity contribution in [1.82, 2.24) is 0 Å². The number of nitro benzene ring substituents is 1. The minimum absolute atomic E-state index is 0.00143. The van der Waals surface area contributed by atoms with Gasteiger partial charge in [-0.3, -0.25) is 14.9 Å². The van der Waals surface area contributed by atoms with Crippen molar-refractivity contribution >= 4 is 12.0 Å². The van der Waals surface area contributed by atoms with Gasteiger partial charge in [-0.05, 0) is 12.1 Å². The fraction of sp³-hybridized carbons (Fsp3) is 0.125. The molecular formula is C8H7NO4. The SMILES string of the molecule is O=CCOc1ccc([N+](=O)[O-])cc1. The summed E-state index contributed by atoms with van der Waals surface area (Å²) in [5.74, 6) is 0.442. The third kappa shape index (κ3) is 2.55. The van der Waals surface area contributed by atoms with Crippen LogP contribution in [0.5, 0.6) is 5.75 Å². The van der Waals surface area contributed by atoms with Gasteiger partial charge in [-0.2, -0.15) is 0 Å². The number of rotatable bonds is 4. The van der Waals surface area contributed by atoms with Crippen LogP contribution in [0.2, 0.25) is 0 Å². The Morgan fingerprint density at radius 2 is 2.00 bits per heavy atom. The standard InChI is InChI=1S/C8H7NO4/c10-5-6-13-8-3-1-7(2-4-8)9(11)12/h1-5H,6H2. The van der Waals surface area contributed by atoms with Crippen molar-refractivity contribution < 1.29 is 14.5 Å². The maximum absolute atomic E-state index is 10.2. The van der Waals surface area contributed by atoms with Gasteiger partial charge in [0.15, 0.2) is 6.29 Å². The van der Waals surface area contributed by atoms with E-state index in [2.05, 4.69) is 0 Å².